The molecule has 2 fully saturated rings. The first-order chi connectivity index (χ1) is 14.9. The average Bonchev–Trinajstić information content (AvgIpc) is 3.16. The molecule has 2 aliphatic rings. The highest BCUT2D eigenvalue weighted by Crippen LogP contribution is 2.40. The molecule has 1 aliphatic heterocycles. The number of benzene rings is 1. The summed E-state index contributed by atoms with van der Waals surface area (Å²) in [6.07, 6.45) is 5.62. The maximum atomic E-state index is 13.4. The Labute approximate surface area is 196 Å². The Morgan fingerprint density at radius 2 is 1.88 bits per heavy atom. The molecule has 5 atom stereocenters. The summed E-state index contributed by atoms with van der Waals surface area (Å²) < 4.78 is 5.22. The molecule has 1 aromatic rings. The molecule has 2 unspecified atom stereocenters. The van der Waals surface area contributed by atoms with Crippen LogP contribution in [0.5, 0.6) is 0 Å². The third-order valence-electron chi connectivity index (χ3n) is 6.58. The van der Waals surface area contributed by atoms with Gasteiger partial charge in [-0.3, -0.25) is 14.9 Å². The number of nitrogens with one attached hydrogen (secondary N) is 1. The lowest BCUT2D eigenvalue weighted by Gasteiger charge is -2.35. The number of ether oxygens (including phenoxy) is 1. The summed E-state index contributed by atoms with van der Waals surface area (Å²) in [5.74, 6) is -1.31. The van der Waals surface area contributed by atoms with Crippen molar-refractivity contribution in [2.75, 3.05) is 6.61 Å². The quantitative estimate of drug-likeness (QED) is 0.542. The molecular weight excluding hydrogens is 432 g/mol. The molecule has 178 valence electrons. The Kier molecular flexibility index (Phi) is 9.97. The van der Waals surface area contributed by atoms with Crippen molar-refractivity contribution < 1.29 is 24.2 Å². The highest BCUT2D eigenvalue weighted by Gasteiger charge is 2.48. The molecule has 2 N–H and O–H groups in total. The van der Waals surface area contributed by atoms with E-state index in [-0.39, 0.29) is 42.9 Å². The maximum Gasteiger partial charge on any atom is 0.326 e. The molecule has 1 saturated carbocycles. The normalized spacial score (nSPS) is 24.1. The minimum Gasteiger partial charge on any atom is -0.480 e. The van der Waals surface area contributed by atoms with Crippen molar-refractivity contribution in [3.05, 3.63) is 35.9 Å². The summed E-state index contributed by atoms with van der Waals surface area (Å²) in [7, 11) is 0. The number of rotatable bonds is 9. The van der Waals surface area contributed by atoms with E-state index in [1.54, 1.807) is 18.7 Å². The number of aliphatic carboxylic acids is 1. The molecule has 0 bridgehead atoms. The molecule has 1 aliphatic carbocycles. The predicted octanol–water partition coefficient (Wildman–Crippen LogP) is 3.20. The van der Waals surface area contributed by atoms with Gasteiger partial charge in [-0.2, -0.15) is 0 Å². The summed E-state index contributed by atoms with van der Waals surface area (Å²) in [5, 5.41) is 12.9. The van der Waals surface area contributed by atoms with Gasteiger partial charge in [-0.1, -0.05) is 43.2 Å². The molecule has 1 saturated heterocycles. The van der Waals surface area contributed by atoms with Crippen molar-refractivity contribution in [2.24, 2.45) is 5.92 Å². The van der Waals surface area contributed by atoms with Gasteiger partial charge in [0.2, 0.25) is 5.91 Å². The molecule has 32 heavy (non-hydrogen) atoms. The number of carboxylic acid groups (broad SMARTS) is 1. The van der Waals surface area contributed by atoms with Gasteiger partial charge in [0.1, 0.15) is 12.1 Å². The van der Waals surface area contributed by atoms with Crippen molar-refractivity contribution in [1.82, 2.24) is 10.2 Å². The van der Waals surface area contributed by atoms with Crippen LogP contribution in [0.4, 0.5) is 0 Å². The second kappa shape index (κ2) is 12.2. The van der Waals surface area contributed by atoms with Crippen molar-refractivity contribution in [2.45, 2.75) is 83.0 Å². The molecule has 7 nitrogen and oxygen atoms in total. The minimum absolute atomic E-state index is 0. The van der Waals surface area contributed by atoms with Gasteiger partial charge in [0.15, 0.2) is 0 Å². The number of hydrogen-bond donors (Lipinski definition) is 2. The first-order valence-corrected chi connectivity index (χ1v) is 11.4. The van der Waals surface area contributed by atoms with Crippen LogP contribution < -0.4 is 5.32 Å². The van der Waals surface area contributed by atoms with E-state index in [1.165, 1.54) is 0 Å². The van der Waals surface area contributed by atoms with E-state index in [2.05, 4.69) is 5.32 Å². The van der Waals surface area contributed by atoms with Gasteiger partial charge >= 0.3 is 11.9 Å². The monoisotopic (exact) mass is 466 g/mol. The first kappa shape index (κ1) is 26.1. The van der Waals surface area contributed by atoms with Crippen LogP contribution in [0.3, 0.4) is 0 Å². The Hall–Kier alpha value is -2.12. The number of carbonyl (C=O) groups is 3. The number of fused-ring (bicyclic) bond motifs is 1. The van der Waals surface area contributed by atoms with Gasteiger partial charge in [-0.15, -0.1) is 12.4 Å². The molecule has 0 spiro atoms. The first-order valence-electron chi connectivity index (χ1n) is 11.4. The Morgan fingerprint density at radius 3 is 2.53 bits per heavy atom. The van der Waals surface area contributed by atoms with E-state index < -0.39 is 24.1 Å². The molecule has 1 aromatic carbocycles. The largest absolute Gasteiger partial charge is 0.480 e. The van der Waals surface area contributed by atoms with Crippen LogP contribution in [0.15, 0.2) is 30.3 Å². The number of nitrogens with zero attached hydrogens (tertiary/aromatic N) is 1. The second-order valence-electron chi connectivity index (χ2n) is 8.66. The number of aryl methyl sites for hydroxylation is 1. The van der Waals surface area contributed by atoms with Crippen molar-refractivity contribution in [3.8, 4) is 0 Å². The van der Waals surface area contributed by atoms with Crippen molar-refractivity contribution in [3.63, 3.8) is 0 Å². The van der Waals surface area contributed by atoms with E-state index >= 15 is 0 Å². The Bertz CT molecular complexity index is 775. The van der Waals surface area contributed by atoms with Gasteiger partial charge in [-0.05, 0) is 57.4 Å². The van der Waals surface area contributed by atoms with Crippen LogP contribution in [0.2, 0.25) is 0 Å². The number of carboxylic acids is 1. The van der Waals surface area contributed by atoms with Crippen LogP contribution in [0, 0.1) is 5.92 Å². The highest BCUT2D eigenvalue weighted by molar-refractivity contribution is 5.88. The smallest absolute Gasteiger partial charge is 0.326 e. The van der Waals surface area contributed by atoms with Gasteiger partial charge in [0, 0.05) is 6.04 Å². The maximum absolute atomic E-state index is 13.4. The fraction of sp³-hybridized carbons (Fsp3) is 0.625. The SMILES string of the molecule is CCOC(=O)C(CCc1ccccc1)NC(C)C(=O)N1[C@@H](C(=O)O)C[C@H]2CCCC[C@H]21.Cl. The number of likely N-dealkylation sites (tertiary alicyclic amines) is 1. The standard InChI is InChI=1S/C24H34N2O5.ClH/c1-3-31-24(30)19(14-13-17-9-5-4-6-10-17)25-16(2)22(27)26-20-12-8-7-11-18(20)15-21(26)23(28)29;/h4-6,9-10,16,18-21,25H,3,7-8,11-15H2,1-2H3,(H,28,29);1H/t16?,18-,19?,20-,21-;/m1./s1. The second-order valence-corrected chi connectivity index (χ2v) is 8.66. The van der Waals surface area contributed by atoms with Crippen molar-refractivity contribution >= 4 is 30.3 Å². The molecule has 0 aromatic heterocycles. The number of esters is 1. The van der Waals surface area contributed by atoms with Crippen molar-refractivity contribution in [1.29, 1.82) is 0 Å². The van der Waals surface area contributed by atoms with Crippen LogP contribution in [-0.2, 0) is 25.5 Å². The van der Waals surface area contributed by atoms with E-state index in [1.807, 2.05) is 30.3 Å². The predicted molar refractivity (Wildman–Crippen MR) is 124 cm³/mol. The van der Waals surface area contributed by atoms with E-state index in [4.69, 9.17) is 4.74 Å². The summed E-state index contributed by atoms with van der Waals surface area (Å²) in [6, 6.07) is 7.75. The number of hydrogen-bond acceptors (Lipinski definition) is 5. The Balaban J connectivity index is 0.00000363. The van der Waals surface area contributed by atoms with Gasteiger partial charge in [0.25, 0.3) is 0 Å². The number of halogens is 1. The third kappa shape index (κ3) is 6.23. The summed E-state index contributed by atoms with van der Waals surface area (Å²) in [6.45, 7) is 3.74. The van der Waals surface area contributed by atoms with Gasteiger partial charge < -0.3 is 14.7 Å². The van der Waals surface area contributed by atoms with Crippen LogP contribution in [0.1, 0.15) is 57.9 Å². The zero-order valence-electron chi connectivity index (χ0n) is 18.9. The topological polar surface area (TPSA) is 95.9 Å². The van der Waals surface area contributed by atoms with Crippen LogP contribution in [0.25, 0.3) is 0 Å². The van der Waals surface area contributed by atoms with E-state index in [9.17, 15) is 19.5 Å². The van der Waals surface area contributed by atoms with E-state index in [0.717, 1.165) is 31.2 Å². The fourth-order valence-electron chi connectivity index (χ4n) is 5.06. The molecule has 3 rings (SSSR count). The molecule has 0 radical (unpaired) electrons. The molecule has 1 heterocycles. The zero-order chi connectivity index (χ0) is 22.4. The molecule has 1 amide bonds. The van der Waals surface area contributed by atoms with Gasteiger partial charge in [0.05, 0.1) is 12.6 Å². The molecular formula is C24H35ClN2O5. The number of amides is 1. The third-order valence-corrected chi connectivity index (χ3v) is 6.58. The lowest BCUT2D eigenvalue weighted by atomic mass is 9.84. The highest BCUT2D eigenvalue weighted by atomic mass is 35.5. The number of carbonyl (C=O) groups excluding carboxylic acids is 2. The summed E-state index contributed by atoms with van der Waals surface area (Å²) in [5.41, 5.74) is 1.10. The molecule has 8 heteroatoms. The lowest BCUT2D eigenvalue weighted by molar-refractivity contribution is -0.152. The average molecular weight is 467 g/mol. The van der Waals surface area contributed by atoms with Crippen LogP contribution >= 0.6 is 12.4 Å². The minimum atomic E-state index is -0.944. The van der Waals surface area contributed by atoms with Gasteiger partial charge in [-0.25, -0.2) is 4.79 Å². The van der Waals surface area contributed by atoms with E-state index in [0.29, 0.717) is 19.3 Å². The summed E-state index contributed by atoms with van der Waals surface area (Å²) in [4.78, 5) is 39.3. The Morgan fingerprint density at radius 1 is 1.19 bits per heavy atom. The summed E-state index contributed by atoms with van der Waals surface area (Å²) >= 11 is 0. The zero-order valence-corrected chi connectivity index (χ0v) is 19.7. The lowest BCUT2D eigenvalue weighted by Crippen LogP contribution is -2.55. The fourth-order valence-corrected chi connectivity index (χ4v) is 5.06. The van der Waals surface area contributed by atoms with Crippen LogP contribution in [-0.4, -0.2) is 58.6 Å².